The van der Waals surface area contributed by atoms with Crippen molar-refractivity contribution in [3.63, 3.8) is 0 Å². The number of esters is 1. The number of aromatic nitrogens is 2. The minimum absolute atomic E-state index is 0.204. The Kier molecular flexibility index (Phi) is 8.31. The SMILES string of the molecule is CSc1ccc([C@H]2C(C(=O)OC(C)C)=C(C)N=c3s/c(=C/c4cc(C)n(-c5sc6c(c5C#N)CCCC6)c4C)c(=O)n32)cc1. The maximum absolute atomic E-state index is 14.2. The van der Waals surface area contributed by atoms with E-state index < -0.39 is 12.0 Å². The van der Waals surface area contributed by atoms with E-state index in [0.29, 0.717) is 20.6 Å². The molecule has 1 aromatic carbocycles. The van der Waals surface area contributed by atoms with E-state index in [9.17, 15) is 14.9 Å². The van der Waals surface area contributed by atoms with Crippen molar-refractivity contribution in [2.45, 2.75) is 77.3 Å². The first-order valence-electron chi connectivity index (χ1n) is 14.7. The third-order valence-electron chi connectivity index (χ3n) is 8.24. The maximum atomic E-state index is 14.2. The van der Waals surface area contributed by atoms with E-state index in [0.717, 1.165) is 63.7 Å². The first-order valence-corrected chi connectivity index (χ1v) is 17.6. The second kappa shape index (κ2) is 12.0. The fourth-order valence-corrected chi connectivity index (χ4v) is 9.07. The molecule has 10 heteroatoms. The summed E-state index contributed by atoms with van der Waals surface area (Å²) in [6.45, 7) is 9.51. The minimum atomic E-state index is -0.654. The number of allylic oxidation sites excluding steroid dienone is 1. The van der Waals surface area contributed by atoms with Crippen LogP contribution < -0.4 is 14.9 Å². The number of hydrogen-bond donors (Lipinski definition) is 0. The Morgan fingerprint density at radius 1 is 1.16 bits per heavy atom. The molecule has 0 fully saturated rings. The summed E-state index contributed by atoms with van der Waals surface area (Å²) in [5.74, 6) is -0.468. The molecule has 226 valence electrons. The summed E-state index contributed by atoms with van der Waals surface area (Å²) in [7, 11) is 0. The highest BCUT2D eigenvalue weighted by Gasteiger charge is 2.34. The molecule has 44 heavy (non-hydrogen) atoms. The third-order valence-corrected chi connectivity index (χ3v) is 11.2. The number of nitriles is 1. The number of hydrogen-bond acceptors (Lipinski definition) is 8. The van der Waals surface area contributed by atoms with Crippen LogP contribution >= 0.6 is 34.4 Å². The maximum Gasteiger partial charge on any atom is 0.338 e. The molecule has 1 aliphatic carbocycles. The van der Waals surface area contributed by atoms with Crippen molar-refractivity contribution < 1.29 is 9.53 Å². The molecule has 2 aliphatic rings. The largest absolute Gasteiger partial charge is 0.459 e. The van der Waals surface area contributed by atoms with Gasteiger partial charge in [0.05, 0.1) is 33.5 Å². The monoisotopic (exact) mass is 642 g/mol. The van der Waals surface area contributed by atoms with Crippen LogP contribution in [0.1, 0.15) is 78.2 Å². The number of rotatable bonds is 6. The molecule has 4 aromatic rings. The van der Waals surface area contributed by atoms with Crippen molar-refractivity contribution in [3.05, 3.63) is 99.8 Å². The molecule has 0 radical (unpaired) electrons. The quantitative estimate of drug-likeness (QED) is 0.187. The zero-order chi connectivity index (χ0) is 31.3. The van der Waals surface area contributed by atoms with Crippen LogP contribution in [0.2, 0.25) is 0 Å². The van der Waals surface area contributed by atoms with Gasteiger partial charge in [-0.15, -0.1) is 23.1 Å². The van der Waals surface area contributed by atoms with Crippen LogP contribution in [-0.4, -0.2) is 27.5 Å². The zero-order valence-corrected chi connectivity index (χ0v) is 28.1. The van der Waals surface area contributed by atoms with Crippen LogP contribution in [-0.2, 0) is 22.4 Å². The van der Waals surface area contributed by atoms with E-state index >= 15 is 0 Å². The van der Waals surface area contributed by atoms with Gasteiger partial charge < -0.3 is 9.30 Å². The number of thiophene rings is 1. The topological polar surface area (TPSA) is 89.4 Å². The highest BCUT2D eigenvalue weighted by molar-refractivity contribution is 7.98. The lowest BCUT2D eigenvalue weighted by atomic mass is 9.96. The van der Waals surface area contributed by atoms with E-state index in [1.807, 2.05) is 64.3 Å². The van der Waals surface area contributed by atoms with Gasteiger partial charge in [0.2, 0.25) is 0 Å². The molecule has 1 atom stereocenters. The number of nitrogens with zero attached hydrogens (tertiary/aromatic N) is 4. The second-order valence-corrected chi connectivity index (χ2v) is 14.4. The van der Waals surface area contributed by atoms with Crippen LogP contribution in [0.25, 0.3) is 11.1 Å². The first-order chi connectivity index (χ1) is 21.1. The number of thiazole rings is 1. The first kappa shape index (κ1) is 30.4. The molecule has 6 rings (SSSR count). The number of ether oxygens (including phenoxy) is 1. The Morgan fingerprint density at radius 2 is 1.89 bits per heavy atom. The van der Waals surface area contributed by atoms with E-state index in [1.165, 1.54) is 21.8 Å². The Morgan fingerprint density at radius 3 is 2.57 bits per heavy atom. The van der Waals surface area contributed by atoms with Gasteiger partial charge in [-0.2, -0.15) is 5.26 Å². The molecule has 0 saturated carbocycles. The van der Waals surface area contributed by atoms with Crippen molar-refractivity contribution in [1.29, 1.82) is 5.26 Å². The Labute approximate surface area is 268 Å². The number of benzene rings is 1. The van der Waals surface area contributed by atoms with Gasteiger partial charge in [-0.05, 0) is 108 Å². The molecule has 0 unspecified atom stereocenters. The summed E-state index contributed by atoms with van der Waals surface area (Å²) < 4.78 is 9.96. The molecule has 0 saturated heterocycles. The van der Waals surface area contributed by atoms with Crippen molar-refractivity contribution >= 4 is 46.5 Å². The number of aryl methyl sites for hydroxylation is 2. The number of carbonyl (C=O) groups is 1. The third kappa shape index (κ3) is 5.21. The molecular formula is C34H34N4O3S3. The average molecular weight is 643 g/mol. The molecule has 0 N–H and O–H groups in total. The normalized spacial score (nSPS) is 16.5. The summed E-state index contributed by atoms with van der Waals surface area (Å²) >= 11 is 4.67. The molecule has 3 aromatic heterocycles. The van der Waals surface area contributed by atoms with E-state index in [-0.39, 0.29) is 11.7 Å². The highest BCUT2D eigenvalue weighted by atomic mass is 32.2. The Bertz CT molecular complexity index is 2050. The number of fused-ring (bicyclic) bond motifs is 2. The summed E-state index contributed by atoms with van der Waals surface area (Å²) in [6, 6.07) is 11.8. The molecule has 0 bridgehead atoms. The van der Waals surface area contributed by atoms with Gasteiger partial charge in [0.1, 0.15) is 11.1 Å². The van der Waals surface area contributed by atoms with E-state index in [2.05, 4.69) is 16.7 Å². The molecule has 1 aliphatic heterocycles. The lowest BCUT2D eigenvalue weighted by molar-refractivity contribution is -0.143. The fourth-order valence-electron chi connectivity index (χ4n) is 6.17. The molecular weight excluding hydrogens is 609 g/mol. The van der Waals surface area contributed by atoms with Crippen LogP contribution in [0.3, 0.4) is 0 Å². The fraction of sp³-hybridized carbons (Fsp3) is 0.353. The number of carbonyl (C=O) groups excluding carboxylic acids is 1. The molecule has 4 heterocycles. The van der Waals surface area contributed by atoms with Gasteiger partial charge in [0.25, 0.3) is 5.56 Å². The predicted octanol–water partition coefficient (Wildman–Crippen LogP) is 6.13. The smallest absolute Gasteiger partial charge is 0.338 e. The van der Waals surface area contributed by atoms with Crippen molar-refractivity contribution in [2.24, 2.45) is 4.99 Å². The lowest BCUT2D eigenvalue weighted by Gasteiger charge is -2.25. The van der Waals surface area contributed by atoms with Crippen molar-refractivity contribution in [1.82, 2.24) is 9.13 Å². The summed E-state index contributed by atoms with van der Waals surface area (Å²) in [5.41, 5.74) is 6.43. The average Bonchev–Trinajstić information content (AvgIpc) is 3.61. The lowest BCUT2D eigenvalue weighted by Crippen LogP contribution is -2.40. The summed E-state index contributed by atoms with van der Waals surface area (Å²) in [5, 5.41) is 11.1. The predicted molar refractivity (Wildman–Crippen MR) is 178 cm³/mol. The van der Waals surface area contributed by atoms with Gasteiger partial charge in [-0.3, -0.25) is 9.36 Å². The number of thioether (sulfide) groups is 1. The van der Waals surface area contributed by atoms with Gasteiger partial charge in [-0.25, -0.2) is 9.79 Å². The molecule has 7 nitrogen and oxygen atoms in total. The van der Waals surface area contributed by atoms with E-state index in [1.54, 1.807) is 34.6 Å². The standard InChI is InChI=1S/C34H34N4O3S3/c1-18(2)41-33(40)29-20(4)36-34-38(30(29)22-11-13-24(42-6)14-12-22)31(39)28(44-34)16-23-15-19(3)37(21(23)5)32-26(17-35)25-9-7-8-10-27(25)43-32/h11-16,18,30H,7-10H2,1-6H3/b28-16+/t30-/m0/s1. The van der Waals surface area contributed by atoms with Gasteiger partial charge in [0, 0.05) is 21.2 Å². The van der Waals surface area contributed by atoms with Gasteiger partial charge in [-0.1, -0.05) is 23.5 Å². The summed E-state index contributed by atoms with van der Waals surface area (Å²) in [4.78, 5) is 35.3. The Hall–Kier alpha value is -3.65. The van der Waals surface area contributed by atoms with Crippen molar-refractivity contribution in [2.75, 3.05) is 6.26 Å². The Balaban J connectivity index is 1.50. The van der Waals surface area contributed by atoms with Crippen LogP contribution in [0, 0.1) is 25.2 Å². The van der Waals surface area contributed by atoms with Crippen LogP contribution in [0.5, 0.6) is 0 Å². The zero-order valence-electron chi connectivity index (χ0n) is 25.7. The highest BCUT2D eigenvalue weighted by Crippen LogP contribution is 2.38. The van der Waals surface area contributed by atoms with Gasteiger partial charge in [0.15, 0.2) is 4.80 Å². The second-order valence-electron chi connectivity index (χ2n) is 11.5. The summed E-state index contributed by atoms with van der Waals surface area (Å²) in [6.07, 6.45) is 7.88. The van der Waals surface area contributed by atoms with Gasteiger partial charge >= 0.3 is 5.97 Å². The minimum Gasteiger partial charge on any atom is -0.459 e. The van der Waals surface area contributed by atoms with E-state index in [4.69, 9.17) is 9.73 Å². The molecule has 0 amide bonds. The molecule has 0 spiro atoms. The van der Waals surface area contributed by atoms with Crippen molar-refractivity contribution in [3.8, 4) is 11.1 Å². The van der Waals surface area contributed by atoms with Crippen LogP contribution in [0.4, 0.5) is 0 Å². The van der Waals surface area contributed by atoms with Crippen LogP contribution in [0.15, 0.2) is 56.3 Å².